The maximum atomic E-state index is 12.4. The molecular weight excluding hydrogens is 400 g/mol. The molecular formula is C22H20N4O5. The smallest absolute Gasteiger partial charge is 0.344 e. The maximum absolute atomic E-state index is 12.4. The summed E-state index contributed by atoms with van der Waals surface area (Å²) in [6, 6.07) is 12.8. The van der Waals surface area contributed by atoms with E-state index >= 15 is 0 Å². The molecule has 0 bridgehead atoms. The van der Waals surface area contributed by atoms with Gasteiger partial charge in [0.15, 0.2) is 6.61 Å². The van der Waals surface area contributed by atoms with E-state index in [1.165, 1.54) is 24.5 Å². The third-order valence-corrected chi connectivity index (χ3v) is 3.92. The SMILES string of the molecule is CCNC(=O)c1cccc(NC(=O)COC(=O)c2cccnc2Oc2cccnc2)c1. The minimum atomic E-state index is -0.766. The van der Waals surface area contributed by atoms with E-state index in [0.717, 1.165) is 0 Å². The van der Waals surface area contributed by atoms with Crippen LogP contribution in [0.5, 0.6) is 11.6 Å². The third kappa shape index (κ3) is 6.10. The molecule has 2 N–H and O–H groups in total. The number of amides is 2. The minimum absolute atomic E-state index is 0.0375. The highest BCUT2D eigenvalue weighted by Crippen LogP contribution is 2.22. The molecule has 0 saturated carbocycles. The molecule has 3 aromatic rings. The Morgan fingerprint density at radius 1 is 1.03 bits per heavy atom. The normalized spacial score (nSPS) is 10.1. The predicted octanol–water partition coefficient (Wildman–Crippen LogP) is 2.81. The van der Waals surface area contributed by atoms with Crippen LogP contribution in [0.15, 0.2) is 67.1 Å². The van der Waals surface area contributed by atoms with Gasteiger partial charge in [-0.2, -0.15) is 0 Å². The first kappa shape index (κ1) is 21.4. The molecule has 0 aliphatic carbocycles. The molecule has 3 rings (SSSR count). The van der Waals surface area contributed by atoms with Crippen LogP contribution in [0.1, 0.15) is 27.6 Å². The van der Waals surface area contributed by atoms with E-state index in [0.29, 0.717) is 23.5 Å². The summed E-state index contributed by atoms with van der Waals surface area (Å²) >= 11 is 0. The number of nitrogens with zero attached hydrogens (tertiary/aromatic N) is 2. The Labute approximate surface area is 178 Å². The number of esters is 1. The number of benzene rings is 1. The first-order chi connectivity index (χ1) is 15.1. The number of hydrogen-bond donors (Lipinski definition) is 2. The van der Waals surface area contributed by atoms with E-state index in [1.54, 1.807) is 42.6 Å². The Bertz CT molecular complexity index is 1070. The molecule has 0 unspecified atom stereocenters. The summed E-state index contributed by atoms with van der Waals surface area (Å²) in [6.07, 6.45) is 4.54. The summed E-state index contributed by atoms with van der Waals surface area (Å²) in [7, 11) is 0. The van der Waals surface area contributed by atoms with Gasteiger partial charge in [-0.1, -0.05) is 6.07 Å². The van der Waals surface area contributed by atoms with Crippen molar-refractivity contribution in [3.8, 4) is 11.6 Å². The topological polar surface area (TPSA) is 120 Å². The van der Waals surface area contributed by atoms with E-state index in [2.05, 4.69) is 20.6 Å². The van der Waals surface area contributed by atoms with Gasteiger partial charge < -0.3 is 20.1 Å². The monoisotopic (exact) mass is 420 g/mol. The summed E-state index contributed by atoms with van der Waals surface area (Å²) in [6.45, 7) is 1.78. The zero-order chi connectivity index (χ0) is 22.1. The van der Waals surface area contributed by atoms with Crippen molar-refractivity contribution >= 4 is 23.5 Å². The molecule has 31 heavy (non-hydrogen) atoms. The lowest BCUT2D eigenvalue weighted by Gasteiger charge is -2.10. The lowest BCUT2D eigenvalue weighted by atomic mass is 10.2. The molecule has 0 radical (unpaired) electrons. The zero-order valence-electron chi connectivity index (χ0n) is 16.7. The van der Waals surface area contributed by atoms with Crippen LogP contribution in [0.4, 0.5) is 5.69 Å². The highest BCUT2D eigenvalue weighted by atomic mass is 16.5. The lowest BCUT2D eigenvalue weighted by Crippen LogP contribution is -2.23. The second-order valence-electron chi connectivity index (χ2n) is 6.21. The van der Waals surface area contributed by atoms with E-state index in [-0.39, 0.29) is 17.4 Å². The zero-order valence-corrected chi connectivity index (χ0v) is 16.7. The average Bonchev–Trinajstić information content (AvgIpc) is 2.79. The fourth-order valence-electron chi connectivity index (χ4n) is 2.55. The van der Waals surface area contributed by atoms with Crippen LogP contribution >= 0.6 is 0 Å². The number of ether oxygens (including phenoxy) is 2. The van der Waals surface area contributed by atoms with Crippen molar-refractivity contribution < 1.29 is 23.9 Å². The Hall–Kier alpha value is -4.27. The van der Waals surface area contributed by atoms with Gasteiger partial charge in [-0.25, -0.2) is 9.78 Å². The van der Waals surface area contributed by atoms with Crippen LogP contribution in [-0.4, -0.2) is 40.9 Å². The molecule has 0 aliphatic rings. The van der Waals surface area contributed by atoms with Crippen molar-refractivity contribution in [3.05, 3.63) is 78.2 Å². The Morgan fingerprint density at radius 3 is 2.65 bits per heavy atom. The number of anilines is 1. The molecule has 0 aliphatic heterocycles. The average molecular weight is 420 g/mol. The van der Waals surface area contributed by atoms with Crippen molar-refractivity contribution in [3.63, 3.8) is 0 Å². The number of carbonyl (C=O) groups is 3. The number of nitrogens with one attached hydrogen (secondary N) is 2. The van der Waals surface area contributed by atoms with Gasteiger partial charge in [0.1, 0.15) is 11.3 Å². The first-order valence-electron chi connectivity index (χ1n) is 9.45. The summed E-state index contributed by atoms with van der Waals surface area (Å²) in [5, 5.41) is 5.27. The van der Waals surface area contributed by atoms with Crippen molar-refractivity contribution in [1.82, 2.24) is 15.3 Å². The predicted molar refractivity (Wildman–Crippen MR) is 112 cm³/mol. The fraction of sp³-hybridized carbons (Fsp3) is 0.136. The molecule has 0 fully saturated rings. The van der Waals surface area contributed by atoms with Gasteiger partial charge in [0.05, 0.1) is 6.20 Å². The summed E-state index contributed by atoms with van der Waals surface area (Å²) < 4.78 is 10.7. The number of carbonyl (C=O) groups excluding carboxylic acids is 3. The highest BCUT2D eigenvalue weighted by Gasteiger charge is 2.17. The number of hydrogen-bond acceptors (Lipinski definition) is 7. The minimum Gasteiger partial charge on any atom is -0.452 e. The maximum Gasteiger partial charge on any atom is 0.344 e. The summed E-state index contributed by atoms with van der Waals surface area (Å²) in [4.78, 5) is 44.5. The molecule has 2 heterocycles. The molecule has 0 spiro atoms. The van der Waals surface area contributed by atoms with E-state index in [4.69, 9.17) is 9.47 Å². The van der Waals surface area contributed by atoms with Crippen LogP contribution in [0.25, 0.3) is 0 Å². The van der Waals surface area contributed by atoms with Crippen LogP contribution < -0.4 is 15.4 Å². The van der Waals surface area contributed by atoms with Crippen molar-refractivity contribution in [2.75, 3.05) is 18.5 Å². The quantitative estimate of drug-likeness (QED) is 0.538. The lowest BCUT2D eigenvalue weighted by molar-refractivity contribution is -0.119. The van der Waals surface area contributed by atoms with Gasteiger partial charge in [-0.3, -0.25) is 14.6 Å². The van der Waals surface area contributed by atoms with Crippen molar-refractivity contribution in [2.45, 2.75) is 6.92 Å². The second-order valence-corrected chi connectivity index (χ2v) is 6.21. The van der Waals surface area contributed by atoms with Crippen molar-refractivity contribution in [2.24, 2.45) is 0 Å². The molecule has 1 aromatic carbocycles. The van der Waals surface area contributed by atoms with Crippen LogP contribution in [0, 0.1) is 0 Å². The van der Waals surface area contributed by atoms with Gasteiger partial charge >= 0.3 is 5.97 Å². The standard InChI is InChI=1S/C22H20N4O5/c1-2-24-20(28)15-6-3-7-16(12-15)26-19(27)14-30-22(29)18-9-5-11-25-21(18)31-17-8-4-10-23-13-17/h3-13H,2,14H2,1H3,(H,24,28)(H,26,27). The summed E-state index contributed by atoms with van der Waals surface area (Å²) in [5.41, 5.74) is 0.883. The number of pyridine rings is 2. The second kappa shape index (κ2) is 10.5. The Balaban J connectivity index is 1.59. The molecule has 9 heteroatoms. The summed E-state index contributed by atoms with van der Waals surface area (Å²) in [5.74, 6) is -1.13. The van der Waals surface area contributed by atoms with Gasteiger partial charge in [-0.15, -0.1) is 0 Å². The van der Waals surface area contributed by atoms with Gasteiger partial charge in [-0.05, 0) is 49.4 Å². The highest BCUT2D eigenvalue weighted by molar-refractivity contribution is 5.98. The molecule has 0 saturated heterocycles. The van der Waals surface area contributed by atoms with Gasteiger partial charge in [0.2, 0.25) is 5.88 Å². The fourth-order valence-corrected chi connectivity index (χ4v) is 2.55. The van der Waals surface area contributed by atoms with E-state index < -0.39 is 18.5 Å². The molecule has 9 nitrogen and oxygen atoms in total. The molecule has 2 aromatic heterocycles. The molecule has 2 amide bonds. The van der Waals surface area contributed by atoms with E-state index in [1.807, 2.05) is 6.92 Å². The Morgan fingerprint density at radius 2 is 1.87 bits per heavy atom. The third-order valence-electron chi connectivity index (χ3n) is 3.92. The van der Waals surface area contributed by atoms with Gasteiger partial charge in [0, 0.05) is 30.2 Å². The largest absolute Gasteiger partial charge is 0.452 e. The first-order valence-corrected chi connectivity index (χ1v) is 9.45. The van der Waals surface area contributed by atoms with Crippen LogP contribution in [0.3, 0.4) is 0 Å². The van der Waals surface area contributed by atoms with Crippen LogP contribution in [0.2, 0.25) is 0 Å². The molecule has 0 atom stereocenters. The number of rotatable bonds is 8. The Kier molecular flexibility index (Phi) is 7.26. The van der Waals surface area contributed by atoms with Crippen LogP contribution in [-0.2, 0) is 9.53 Å². The van der Waals surface area contributed by atoms with Crippen molar-refractivity contribution in [1.29, 1.82) is 0 Å². The van der Waals surface area contributed by atoms with Gasteiger partial charge in [0.25, 0.3) is 11.8 Å². The molecule has 158 valence electrons. The number of aromatic nitrogens is 2. The van der Waals surface area contributed by atoms with E-state index in [9.17, 15) is 14.4 Å².